The minimum Gasteiger partial charge on any atom is -0.376 e. The number of pyridine rings is 2. The summed E-state index contributed by atoms with van der Waals surface area (Å²) in [5.41, 5.74) is 2.28. The molecule has 0 spiro atoms. The van der Waals surface area contributed by atoms with Gasteiger partial charge in [0.2, 0.25) is 0 Å². The second-order valence-electron chi connectivity index (χ2n) is 3.66. The predicted octanol–water partition coefficient (Wildman–Crippen LogP) is 2.52. The van der Waals surface area contributed by atoms with Crippen LogP contribution in [0.1, 0.15) is 24.2 Å². The molecule has 0 saturated carbocycles. The SMILES string of the molecule is CC(Nc1cccnc1C#N)c1ccncc1. The lowest BCUT2D eigenvalue weighted by Gasteiger charge is -2.15. The highest BCUT2D eigenvalue weighted by Crippen LogP contribution is 2.19. The van der Waals surface area contributed by atoms with E-state index < -0.39 is 0 Å². The van der Waals surface area contributed by atoms with E-state index in [9.17, 15) is 0 Å². The van der Waals surface area contributed by atoms with Gasteiger partial charge in [-0.3, -0.25) is 4.98 Å². The van der Waals surface area contributed by atoms with Crippen molar-refractivity contribution in [2.45, 2.75) is 13.0 Å². The van der Waals surface area contributed by atoms with Gasteiger partial charge in [0.05, 0.1) is 5.69 Å². The van der Waals surface area contributed by atoms with E-state index in [4.69, 9.17) is 5.26 Å². The van der Waals surface area contributed by atoms with E-state index in [0.717, 1.165) is 11.3 Å². The summed E-state index contributed by atoms with van der Waals surface area (Å²) in [7, 11) is 0. The molecule has 0 aliphatic carbocycles. The molecule has 2 heterocycles. The number of nitriles is 1. The first-order chi connectivity index (χ1) is 8.31. The highest BCUT2D eigenvalue weighted by atomic mass is 14.9. The van der Waals surface area contributed by atoms with E-state index in [1.165, 1.54) is 0 Å². The number of rotatable bonds is 3. The minimum absolute atomic E-state index is 0.106. The fourth-order valence-corrected chi connectivity index (χ4v) is 1.58. The van der Waals surface area contributed by atoms with Crippen LogP contribution in [0.5, 0.6) is 0 Å². The standard InChI is InChI=1S/C13H12N4/c1-10(11-4-7-15-8-5-11)17-12-3-2-6-16-13(12)9-14/h2-8,10,17H,1H3. The zero-order valence-corrected chi connectivity index (χ0v) is 9.46. The van der Waals surface area contributed by atoms with Crippen molar-refractivity contribution in [3.63, 3.8) is 0 Å². The molecule has 0 amide bonds. The molecule has 1 unspecified atom stereocenters. The topological polar surface area (TPSA) is 61.6 Å². The Morgan fingerprint density at radius 3 is 2.71 bits per heavy atom. The summed E-state index contributed by atoms with van der Waals surface area (Å²) in [6, 6.07) is 9.72. The van der Waals surface area contributed by atoms with Crippen molar-refractivity contribution in [3.05, 3.63) is 54.1 Å². The first-order valence-corrected chi connectivity index (χ1v) is 5.33. The Labute approximate surface area is 100.0 Å². The molecule has 0 aliphatic heterocycles. The maximum Gasteiger partial charge on any atom is 0.163 e. The Balaban J connectivity index is 2.19. The van der Waals surface area contributed by atoms with Crippen molar-refractivity contribution in [2.24, 2.45) is 0 Å². The molecule has 0 fully saturated rings. The summed E-state index contributed by atoms with van der Waals surface area (Å²) in [6.07, 6.45) is 5.12. The minimum atomic E-state index is 0.106. The quantitative estimate of drug-likeness (QED) is 0.870. The van der Waals surface area contributed by atoms with Crippen molar-refractivity contribution in [1.82, 2.24) is 9.97 Å². The Bertz CT molecular complexity index is 531. The van der Waals surface area contributed by atoms with Gasteiger partial charge in [0, 0.05) is 24.6 Å². The van der Waals surface area contributed by atoms with Crippen molar-refractivity contribution in [3.8, 4) is 6.07 Å². The molecule has 0 aliphatic rings. The number of anilines is 1. The van der Waals surface area contributed by atoms with E-state index in [2.05, 4.69) is 21.4 Å². The molecule has 0 saturated heterocycles. The van der Waals surface area contributed by atoms with Gasteiger partial charge in [-0.25, -0.2) is 4.98 Å². The van der Waals surface area contributed by atoms with Gasteiger partial charge in [0.1, 0.15) is 6.07 Å². The predicted molar refractivity (Wildman–Crippen MR) is 65.2 cm³/mol. The van der Waals surface area contributed by atoms with Crippen LogP contribution in [0.2, 0.25) is 0 Å². The van der Waals surface area contributed by atoms with Crippen molar-refractivity contribution in [1.29, 1.82) is 5.26 Å². The third-order valence-electron chi connectivity index (χ3n) is 2.49. The molecule has 1 atom stereocenters. The van der Waals surface area contributed by atoms with E-state index in [-0.39, 0.29) is 6.04 Å². The zero-order chi connectivity index (χ0) is 12.1. The van der Waals surface area contributed by atoms with Crippen LogP contribution in [-0.2, 0) is 0 Å². The van der Waals surface area contributed by atoms with Crippen molar-refractivity contribution >= 4 is 5.69 Å². The van der Waals surface area contributed by atoms with Crippen LogP contribution in [0.25, 0.3) is 0 Å². The molecular weight excluding hydrogens is 212 g/mol. The highest BCUT2D eigenvalue weighted by molar-refractivity contribution is 5.54. The van der Waals surface area contributed by atoms with Crippen molar-refractivity contribution in [2.75, 3.05) is 5.32 Å². The van der Waals surface area contributed by atoms with Crippen molar-refractivity contribution < 1.29 is 0 Å². The Morgan fingerprint density at radius 1 is 1.24 bits per heavy atom. The second kappa shape index (κ2) is 5.08. The van der Waals surface area contributed by atoms with Crippen LogP contribution in [-0.4, -0.2) is 9.97 Å². The zero-order valence-electron chi connectivity index (χ0n) is 9.46. The van der Waals surface area contributed by atoms with Gasteiger partial charge in [0.15, 0.2) is 5.69 Å². The van der Waals surface area contributed by atoms with Crippen LogP contribution in [0.15, 0.2) is 42.9 Å². The average Bonchev–Trinajstić information content (AvgIpc) is 2.40. The highest BCUT2D eigenvalue weighted by Gasteiger charge is 2.08. The maximum absolute atomic E-state index is 8.94. The molecule has 2 aromatic rings. The lowest BCUT2D eigenvalue weighted by molar-refractivity contribution is 0.877. The largest absolute Gasteiger partial charge is 0.376 e. The summed E-state index contributed by atoms with van der Waals surface area (Å²) in [5, 5.41) is 12.2. The lowest BCUT2D eigenvalue weighted by Crippen LogP contribution is -2.08. The van der Waals surface area contributed by atoms with Gasteiger partial charge in [0.25, 0.3) is 0 Å². The Morgan fingerprint density at radius 2 is 2.00 bits per heavy atom. The number of aromatic nitrogens is 2. The second-order valence-corrected chi connectivity index (χ2v) is 3.66. The molecule has 17 heavy (non-hydrogen) atoms. The third kappa shape index (κ3) is 2.58. The first kappa shape index (κ1) is 11.1. The summed E-state index contributed by atoms with van der Waals surface area (Å²) in [4.78, 5) is 7.98. The number of hydrogen-bond donors (Lipinski definition) is 1. The van der Waals surface area contributed by atoms with Crippen LogP contribution in [0, 0.1) is 11.3 Å². The number of nitrogens with one attached hydrogen (secondary N) is 1. The summed E-state index contributed by atoms with van der Waals surface area (Å²) >= 11 is 0. The molecule has 0 aromatic carbocycles. The van der Waals surface area contributed by atoms with Crippen LogP contribution in [0.3, 0.4) is 0 Å². The van der Waals surface area contributed by atoms with Gasteiger partial charge in [-0.1, -0.05) is 0 Å². The number of nitrogens with zero attached hydrogens (tertiary/aromatic N) is 3. The van der Waals surface area contributed by atoms with Gasteiger partial charge in [-0.15, -0.1) is 0 Å². The van der Waals surface area contributed by atoms with Crippen LogP contribution >= 0.6 is 0 Å². The molecule has 0 radical (unpaired) electrons. The summed E-state index contributed by atoms with van der Waals surface area (Å²) in [6.45, 7) is 2.03. The molecule has 2 aromatic heterocycles. The Hall–Kier alpha value is -2.41. The molecular formula is C13H12N4. The maximum atomic E-state index is 8.94. The smallest absolute Gasteiger partial charge is 0.163 e. The first-order valence-electron chi connectivity index (χ1n) is 5.33. The monoisotopic (exact) mass is 224 g/mol. The molecule has 0 bridgehead atoms. The number of hydrogen-bond acceptors (Lipinski definition) is 4. The van der Waals surface area contributed by atoms with E-state index in [0.29, 0.717) is 5.69 Å². The van der Waals surface area contributed by atoms with Gasteiger partial charge in [-0.2, -0.15) is 5.26 Å². The van der Waals surface area contributed by atoms with Crippen LogP contribution in [0.4, 0.5) is 5.69 Å². The Kier molecular flexibility index (Phi) is 3.31. The van der Waals surface area contributed by atoms with Gasteiger partial charge < -0.3 is 5.32 Å². The molecule has 4 nitrogen and oxygen atoms in total. The average molecular weight is 224 g/mol. The summed E-state index contributed by atoms with van der Waals surface area (Å²) in [5.74, 6) is 0. The molecule has 84 valence electrons. The van der Waals surface area contributed by atoms with Crippen LogP contribution < -0.4 is 5.32 Å². The fraction of sp³-hybridized carbons (Fsp3) is 0.154. The molecule has 4 heteroatoms. The van der Waals surface area contributed by atoms with Gasteiger partial charge >= 0.3 is 0 Å². The normalized spacial score (nSPS) is 11.5. The fourth-order valence-electron chi connectivity index (χ4n) is 1.58. The third-order valence-corrected chi connectivity index (χ3v) is 2.49. The van der Waals surface area contributed by atoms with E-state index >= 15 is 0 Å². The lowest BCUT2D eigenvalue weighted by atomic mass is 10.1. The van der Waals surface area contributed by atoms with E-state index in [1.807, 2.05) is 31.2 Å². The van der Waals surface area contributed by atoms with E-state index in [1.54, 1.807) is 18.6 Å². The van der Waals surface area contributed by atoms with Gasteiger partial charge in [-0.05, 0) is 36.8 Å². The molecule has 1 N–H and O–H groups in total. The summed E-state index contributed by atoms with van der Waals surface area (Å²) < 4.78 is 0. The molecule has 2 rings (SSSR count).